The van der Waals surface area contributed by atoms with E-state index >= 15 is 0 Å². The van der Waals surface area contributed by atoms with Crippen LogP contribution in [0.25, 0.3) is 16.6 Å². The number of hydrogen-bond donors (Lipinski definition) is 0. The van der Waals surface area contributed by atoms with Crippen LogP contribution in [0.15, 0.2) is 47.3 Å². The van der Waals surface area contributed by atoms with Crippen molar-refractivity contribution < 1.29 is 0 Å². The molecule has 2 aromatic carbocycles. The van der Waals surface area contributed by atoms with E-state index in [1.54, 1.807) is 22.8 Å². The maximum atomic E-state index is 12.6. The van der Waals surface area contributed by atoms with E-state index in [0.29, 0.717) is 21.7 Å². The van der Waals surface area contributed by atoms with Crippen molar-refractivity contribution in [1.29, 1.82) is 0 Å². The Morgan fingerprint density at radius 3 is 2.45 bits per heavy atom. The number of rotatable bonds is 1. The summed E-state index contributed by atoms with van der Waals surface area (Å²) in [5.41, 5.74) is 2.53. The number of benzene rings is 2. The zero-order chi connectivity index (χ0) is 14.3. The van der Waals surface area contributed by atoms with Crippen LogP contribution in [0.2, 0.25) is 5.02 Å². The van der Waals surface area contributed by atoms with Crippen LogP contribution in [0.4, 0.5) is 0 Å². The van der Waals surface area contributed by atoms with Crippen molar-refractivity contribution in [3.63, 3.8) is 0 Å². The van der Waals surface area contributed by atoms with E-state index in [-0.39, 0.29) is 5.56 Å². The van der Waals surface area contributed by atoms with Gasteiger partial charge in [-0.05, 0) is 44.2 Å². The molecule has 0 bridgehead atoms. The molecule has 0 aliphatic carbocycles. The van der Waals surface area contributed by atoms with Crippen molar-refractivity contribution in [2.24, 2.45) is 0 Å². The van der Waals surface area contributed by atoms with Gasteiger partial charge in [0.05, 0.1) is 16.6 Å². The maximum Gasteiger partial charge on any atom is 0.265 e. The predicted octanol–water partition coefficient (Wildman–Crippen LogP) is 3.66. The molecule has 0 aliphatic rings. The summed E-state index contributed by atoms with van der Waals surface area (Å²) in [6, 6.07) is 12.9. The van der Waals surface area contributed by atoms with Gasteiger partial charge in [0.25, 0.3) is 5.56 Å². The summed E-state index contributed by atoms with van der Waals surface area (Å²) in [7, 11) is 0. The molecule has 0 N–H and O–H groups in total. The largest absolute Gasteiger partial charge is 0.268 e. The summed E-state index contributed by atoms with van der Waals surface area (Å²) in [5, 5.41) is 1.15. The molecule has 0 amide bonds. The zero-order valence-corrected chi connectivity index (χ0v) is 12.0. The Kier molecular flexibility index (Phi) is 3.07. The molecule has 0 spiro atoms. The second-order valence-electron chi connectivity index (χ2n) is 4.80. The first-order valence-electron chi connectivity index (χ1n) is 6.32. The van der Waals surface area contributed by atoms with Gasteiger partial charge in [0.1, 0.15) is 5.82 Å². The molecule has 0 unspecified atom stereocenters. The van der Waals surface area contributed by atoms with Gasteiger partial charge in [-0.1, -0.05) is 29.3 Å². The molecule has 3 nitrogen and oxygen atoms in total. The van der Waals surface area contributed by atoms with Crippen molar-refractivity contribution in [3.05, 3.63) is 69.2 Å². The molecule has 0 atom stereocenters. The van der Waals surface area contributed by atoms with Crippen molar-refractivity contribution in [1.82, 2.24) is 9.55 Å². The Morgan fingerprint density at radius 1 is 1.05 bits per heavy atom. The number of hydrogen-bond acceptors (Lipinski definition) is 2. The molecule has 3 aromatic rings. The lowest BCUT2D eigenvalue weighted by atomic mass is 10.2. The van der Waals surface area contributed by atoms with Gasteiger partial charge in [0.15, 0.2) is 0 Å². The maximum absolute atomic E-state index is 12.6. The van der Waals surface area contributed by atoms with Gasteiger partial charge in [-0.3, -0.25) is 9.36 Å². The third-order valence-electron chi connectivity index (χ3n) is 3.29. The van der Waals surface area contributed by atoms with Crippen LogP contribution in [0, 0.1) is 13.8 Å². The molecule has 1 heterocycles. The first kappa shape index (κ1) is 12.9. The molecule has 0 saturated heterocycles. The Hall–Kier alpha value is -2.13. The Labute approximate surface area is 121 Å². The fourth-order valence-corrected chi connectivity index (χ4v) is 2.43. The monoisotopic (exact) mass is 284 g/mol. The second kappa shape index (κ2) is 4.76. The average Bonchev–Trinajstić information content (AvgIpc) is 2.40. The fraction of sp³-hybridized carbons (Fsp3) is 0.125. The van der Waals surface area contributed by atoms with E-state index in [1.807, 2.05) is 38.1 Å². The molecule has 20 heavy (non-hydrogen) atoms. The van der Waals surface area contributed by atoms with Gasteiger partial charge in [0, 0.05) is 5.02 Å². The SMILES string of the molecule is Cc1ccc(-n2c(C)nc3cc(Cl)ccc3c2=O)cc1. The molecule has 1 aromatic heterocycles. The smallest absolute Gasteiger partial charge is 0.265 e. The van der Waals surface area contributed by atoms with Crippen LogP contribution >= 0.6 is 11.6 Å². The van der Waals surface area contributed by atoms with Gasteiger partial charge in [0.2, 0.25) is 0 Å². The van der Waals surface area contributed by atoms with E-state index in [4.69, 9.17) is 11.6 Å². The highest BCUT2D eigenvalue weighted by Crippen LogP contribution is 2.17. The van der Waals surface area contributed by atoms with Crippen LogP contribution in [0.5, 0.6) is 0 Å². The van der Waals surface area contributed by atoms with E-state index in [0.717, 1.165) is 11.3 Å². The number of fused-ring (bicyclic) bond motifs is 1. The predicted molar refractivity (Wildman–Crippen MR) is 81.8 cm³/mol. The number of aryl methyl sites for hydroxylation is 2. The summed E-state index contributed by atoms with van der Waals surface area (Å²) in [6.07, 6.45) is 0. The topological polar surface area (TPSA) is 34.9 Å². The molecular formula is C16H13ClN2O. The second-order valence-corrected chi connectivity index (χ2v) is 5.23. The van der Waals surface area contributed by atoms with E-state index < -0.39 is 0 Å². The van der Waals surface area contributed by atoms with Crippen LogP contribution in [-0.2, 0) is 0 Å². The van der Waals surface area contributed by atoms with Crippen molar-refractivity contribution in [2.75, 3.05) is 0 Å². The van der Waals surface area contributed by atoms with Crippen LogP contribution in [0.3, 0.4) is 0 Å². The summed E-state index contributed by atoms with van der Waals surface area (Å²) < 4.78 is 1.62. The molecule has 4 heteroatoms. The molecular weight excluding hydrogens is 272 g/mol. The highest BCUT2D eigenvalue weighted by atomic mass is 35.5. The van der Waals surface area contributed by atoms with Gasteiger partial charge in [-0.15, -0.1) is 0 Å². The normalized spacial score (nSPS) is 10.9. The lowest BCUT2D eigenvalue weighted by Crippen LogP contribution is -2.22. The van der Waals surface area contributed by atoms with Gasteiger partial charge in [-0.2, -0.15) is 0 Å². The zero-order valence-electron chi connectivity index (χ0n) is 11.2. The molecule has 0 saturated carbocycles. The quantitative estimate of drug-likeness (QED) is 0.683. The first-order chi connectivity index (χ1) is 9.56. The summed E-state index contributed by atoms with van der Waals surface area (Å²) in [5.74, 6) is 0.647. The highest BCUT2D eigenvalue weighted by molar-refractivity contribution is 6.31. The third kappa shape index (κ3) is 2.10. The minimum Gasteiger partial charge on any atom is -0.268 e. The lowest BCUT2D eigenvalue weighted by Gasteiger charge is -2.11. The molecule has 0 fully saturated rings. The van der Waals surface area contributed by atoms with E-state index in [9.17, 15) is 4.79 Å². The minimum atomic E-state index is -0.0759. The van der Waals surface area contributed by atoms with Gasteiger partial charge >= 0.3 is 0 Å². The van der Waals surface area contributed by atoms with Gasteiger partial charge in [-0.25, -0.2) is 4.98 Å². The summed E-state index contributed by atoms with van der Waals surface area (Å²) in [4.78, 5) is 17.1. The third-order valence-corrected chi connectivity index (χ3v) is 3.53. The average molecular weight is 285 g/mol. The Morgan fingerprint density at radius 2 is 1.75 bits per heavy atom. The Bertz CT molecular complexity index is 851. The van der Waals surface area contributed by atoms with Crippen LogP contribution in [-0.4, -0.2) is 9.55 Å². The van der Waals surface area contributed by atoms with Crippen molar-refractivity contribution in [3.8, 4) is 5.69 Å². The van der Waals surface area contributed by atoms with Crippen molar-refractivity contribution >= 4 is 22.5 Å². The minimum absolute atomic E-state index is 0.0759. The first-order valence-corrected chi connectivity index (χ1v) is 6.70. The lowest BCUT2D eigenvalue weighted by molar-refractivity contribution is 0.894. The van der Waals surface area contributed by atoms with Crippen LogP contribution < -0.4 is 5.56 Å². The van der Waals surface area contributed by atoms with Crippen LogP contribution in [0.1, 0.15) is 11.4 Å². The molecule has 100 valence electrons. The summed E-state index contributed by atoms with van der Waals surface area (Å²) >= 11 is 5.95. The van der Waals surface area contributed by atoms with E-state index in [2.05, 4.69) is 4.98 Å². The number of nitrogens with zero attached hydrogens (tertiary/aromatic N) is 2. The molecule has 0 aliphatic heterocycles. The van der Waals surface area contributed by atoms with E-state index in [1.165, 1.54) is 0 Å². The number of halogens is 1. The molecule has 0 radical (unpaired) electrons. The fourth-order valence-electron chi connectivity index (χ4n) is 2.27. The van der Waals surface area contributed by atoms with Gasteiger partial charge < -0.3 is 0 Å². The van der Waals surface area contributed by atoms with Crippen molar-refractivity contribution in [2.45, 2.75) is 13.8 Å². The molecule has 3 rings (SSSR count). The Balaban J connectivity index is 2.34. The summed E-state index contributed by atoms with van der Waals surface area (Å²) in [6.45, 7) is 3.83. The standard InChI is InChI=1S/C16H13ClN2O/c1-10-3-6-13(7-4-10)19-11(2)18-15-9-12(17)5-8-14(15)16(19)20/h3-9H,1-2H3. The highest BCUT2D eigenvalue weighted by Gasteiger charge is 2.09. The number of aromatic nitrogens is 2.